The van der Waals surface area contributed by atoms with Crippen molar-refractivity contribution in [2.45, 2.75) is 6.92 Å². The number of hydrogen-bond donors (Lipinski definition) is 0. The number of hydrogen-bond acceptors (Lipinski definition) is 7. The Hall–Kier alpha value is -2.10. The molecule has 7 nitrogen and oxygen atoms in total. The van der Waals surface area contributed by atoms with Gasteiger partial charge < -0.3 is 14.2 Å². The van der Waals surface area contributed by atoms with Gasteiger partial charge in [0.15, 0.2) is 10.8 Å². The van der Waals surface area contributed by atoms with Gasteiger partial charge in [-0.3, -0.25) is 14.4 Å². The summed E-state index contributed by atoms with van der Waals surface area (Å²) in [5, 5.41) is 9.19. The first kappa shape index (κ1) is 14.0. The summed E-state index contributed by atoms with van der Waals surface area (Å²) in [6, 6.07) is 1.70. The van der Waals surface area contributed by atoms with Crippen LogP contribution >= 0.6 is 0 Å². The number of nitrogens with zero attached hydrogens (tertiary/aromatic N) is 1. The Balaban J connectivity index is 3.42. The average molecular weight is 255 g/mol. The van der Waals surface area contributed by atoms with Crippen LogP contribution in [-0.4, -0.2) is 39.2 Å². The van der Waals surface area contributed by atoms with E-state index in [1.165, 1.54) is 6.92 Å². The van der Waals surface area contributed by atoms with Crippen LogP contribution in [0, 0.1) is 28.1 Å². The smallest absolute Gasteiger partial charge is 0.328 e. The maximum absolute atomic E-state index is 11.8. The Bertz CT molecular complexity index is 435. The first-order valence-corrected chi connectivity index (χ1v) is 5.08. The molecule has 1 saturated carbocycles. The van der Waals surface area contributed by atoms with E-state index in [0.29, 0.717) is 0 Å². The van der Waals surface area contributed by atoms with Crippen LogP contribution in [-0.2, 0) is 28.6 Å². The van der Waals surface area contributed by atoms with Crippen molar-refractivity contribution in [3.05, 3.63) is 0 Å². The molecular weight excluding hydrogens is 242 g/mol. The molecule has 7 heteroatoms. The minimum Gasteiger partial charge on any atom is -0.468 e. The zero-order chi connectivity index (χ0) is 14.1. The van der Waals surface area contributed by atoms with Gasteiger partial charge in [0, 0.05) is 5.92 Å². The van der Waals surface area contributed by atoms with Crippen molar-refractivity contribution < 1.29 is 28.6 Å². The van der Waals surface area contributed by atoms with Crippen LogP contribution in [0.4, 0.5) is 0 Å². The molecule has 0 aliphatic heterocycles. The van der Waals surface area contributed by atoms with E-state index < -0.39 is 34.7 Å². The summed E-state index contributed by atoms with van der Waals surface area (Å²) in [5.41, 5.74) is -3.83. The third kappa shape index (κ3) is 1.20. The van der Waals surface area contributed by atoms with Crippen LogP contribution in [0.3, 0.4) is 0 Å². The Morgan fingerprint density at radius 1 is 1.00 bits per heavy atom. The van der Waals surface area contributed by atoms with Crippen LogP contribution < -0.4 is 0 Å². The number of carbonyl (C=O) groups excluding carboxylic acids is 3. The Morgan fingerprint density at radius 2 is 1.39 bits per heavy atom. The van der Waals surface area contributed by atoms with Crippen molar-refractivity contribution in [3.8, 4) is 6.07 Å². The molecule has 1 aliphatic rings. The first-order valence-electron chi connectivity index (χ1n) is 5.08. The predicted octanol–water partition coefficient (Wildman–Crippen LogP) is -0.349. The molecular formula is C11H13NO6. The van der Waals surface area contributed by atoms with E-state index in [1.807, 2.05) is 0 Å². The molecule has 1 aliphatic carbocycles. The summed E-state index contributed by atoms with van der Waals surface area (Å²) in [6.45, 7) is 1.42. The maximum atomic E-state index is 11.8. The van der Waals surface area contributed by atoms with Crippen LogP contribution in [0.25, 0.3) is 0 Å². The molecule has 2 atom stereocenters. The predicted molar refractivity (Wildman–Crippen MR) is 55.7 cm³/mol. The number of carbonyl (C=O) groups is 3. The van der Waals surface area contributed by atoms with E-state index >= 15 is 0 Å². The van der Waals surface area contributed by atoms with Gasteiger partial charge in [0.05, 0.1) is 27.4 Å². The molecule has 0 heterocycles. The van der Waals surface area contributed by atoms with E-state index in [0.717, 1.165) is 21.3 Å². The minimum absolute atomic E-state index is 0.873. The molecule has 1 rings (SSSR count). The molecule has 98 valence electrons. The Labute approximate surface area is 104 Å². The summed E-state index contributed by atoms with van der Waals surface area (Å²) in [4.78, 5) is 35.4. The first-order chi connectivity index (χ1) is 8.41. The number of esters is 3. The van der Waals surface area contributed by atoms with Gasteiger partial charge in [0.25, 0.3) is 0 Å². The largest absolute Gasteiger partial charge is 0.468 e. The van der Waals surface area contributed by atoms with Crippen LogP contribution in [0.2, 0.25) is 0 Å². The fraction of sp³-hybridized carbons (Fsp3) is 0.636. The number of ether oxygens (including phenoxy) is 3. The lowest BCUT2D eigenvalue weighted by molar-refractivity contribution is -0.167. The Kier molecular flexibility index (Phi) is 3.33. The van der Waals surface area contributed by atoms with E-state index in [1.54, 1.807) is 6.07 Å². The van der Waals surface area contributed by atoms with Gasteiger partial charge in [-0.15, -0.1) is 0 Å². The van der Waals surface area contributed by atoms with Gasteiger partial charge in [-0.05, 0) is 0 Å². The molecule has 1 fully saturated rings. The number of rotatable bonds is 3. The van der Waals surface area contributed by atoms with Gasteiger partial charge in [0.2, 0.25) is 0 Å². The highest BCUT2D eigenvalue weighted by molar-refractivity contribution is 6.13. The zero-order valence-electron chi connectivity index (χ0n) is 10.5. The van der Waals surface area contributed by atoms with Crippen molar-refractivity contribution in [1.82, 2.24) is 0 Å². The van der Waals surface area contributed by atoms with Crippen molar-refractivity contribution >= 4 is 17.9 Å². The third-order valence-electron chi connectivity index (χ3n) is 3.54. The second-order valence-corrected chi connectivity index (χ2v) is 3.92. The fourth-order valence-corrected chi connectivity index (χ4v) is 2.47. The molecule has 0 amide bonds. The number of nitriles is 1. The van der Waals surface area contributed by atoms with Crippen molar-refractivity contribution in [1.29, 1.82) is 5.26 Å². The molecule has 0 aromatic carbocycles. The third-order valence-corrected chi connectivity index (χ3v) is 3.54. The van der Waals surface area contributed by atoms with Gasteiger partial charge in [0.1, 0.15) is 0 Å². The van der Waals surface area contributed by atoms with Crippen LogP contribution in [0.15, 0.2) is 0 Å². The molecule has 0 saturated heterocycles. The fourth-order valence-electron chi connectivity index (χ4n) is 2.47. The normalized spacial score (nSPS) is 27.6. The highest BCUT2D eigenvalue weighted by atomic mass is 16.6. The lowest BCUT2D eigenvalue weighted by Gasteiger charge is -2.14. The van der Waals surface area contributed by atoms with E-state index in [9.17, 15) is 19.6 Å². The topological polar surface area (TPSA) is 103 Å². The molecule has 0 radical (unpaired) electrons. The standard InChI is InChI=1S/C11H13NO6/c1-6-10(5-12,7(13)16-2)11(6,8(14)17-3)9(15)18-4/h6H,1-4H3/t6-,10+/m0/s1. The molecule has 0 unspecified atom stereocenters. The summed E-state index contributed by atoms with van der Waals surface area (Å²) < 4.78 is 13.6. The minimum atomic E-state index is -1.95. The van der Waals surface area contributed by atoms with Gasteiger partial charge in [-0.2, -0.15) is 5.26 Å². The summed E-state index contributed by atoms with van der Waals surface area (Å²) >= 11 is 0. The van der Waals surface area contributed by atoms with E-state index in [2.05, 4.69) is 14.2 Å². The van der Waals surface area contributed by atoms with Crippen LogP contribution in [0.1, 0.15) is 6.92 Å². The van der Waals surface area contributed by atoms with E-state index in [-0.39, 0.29) is 0 Å². The van der Waals surface area contributed by atoms with Crippen molar-refractivity contribution in [2.24, 2.45) is 16.7 Å². The lowest BCUT2D eigenvalue weighted by atomic mass is 9.93. The molecule has 0 aromatic rings. The van der Waals surface area contributed by atoms with Gasteiger partial charge in [-0.1, -0.05) is 6.92 Å². The van der Waals surface area contributed by atoms with E-state index in [4.69, 9.17) is 0 Å². The summed E-state index contributed by atoms with van der Waals surface area (Å²) in [5.74, 6) is -3.78. The Morgan fingerprint density at radius 3 is 1.67 bits per heavy atom. The van der Waals surface area contributed by atoms with Crippen molar-refractivity contribution in [2.75, 3.05) is 21.3 Å². The van der Waals surface area contributed by atoms with Gasteiger partial charge in [-0.25, -0.2) is 0 Å². The SMILES string of the molecule is COC(=O)C1(C(=O)OC)[C@@H](C)[C@]1(C#N)C(=O)OC. The summed E-state index contributed by atoms with van der Waals surface area (Å²) in [6.07, 6.45) is 0. The second kappa shape index (κ2) is 4.29. The lowest BCUT2D eigenvalue weighted by Crippen LogP contribution is -2.37. The van der Waals surface area contributed by atoms with Crippen molar-refractivity contribution in [3.63, 3.8) is 0 Å². The average Bonchev–Trinajstić information content (AvgIpc) is 2.97. The maximum Gasteiger partial charge on any atom is 0.328 e. The molecule has 0 spiro atoms. The molecule has 18 heavy (non-hydrogen) atoms. The molecule has 0 N–H and O–H groups in total. The summed E-state index contributed by atoms with van der Waals surface area (Å²) in [7, 11) is 3.21. The highest BCUT2D eigenvalue weighted by Gasteiger charge is 2.90. The quantitative estimate of drug-likeness (QED) is 0.386. The highest BCUT2D eigenvalue weighted by Crippen LogP contribution is 2.70. The second-order valence-electron chi connectivity index (χ2n) is 3.92. The molecule has 0 aromatic heterocycles. The number of methoxy groups -OCH3 is 3. The zero-order valence-corrected chi connectivity index (χ0v) is 10.5. The molecule has 0 bridgehead atoms. The van der Waals surface area contributed by atoms with Crippen LogP contribution in [0.5, 0.6) is 0 Å². The monoisotopic (exact) mass is 255 g/mol. The van der Waals surface area contributed by atoms with Gasteiger partial charge >= 0.3 is 17.9 Å².